The Morgan fingerprint density at radius 1 is 0.852 bits per heavy atom. The zero-order valence-corrected chi connectivity index (χ0v) is 15.6. The van der Waals surface area contributed by atoms with Crippen LogP contribution in [0, 0.1) is 0 Å². The quantitative estimate of drug-likeness (QED) is 0.536. The molecule has 0 aliphatic heterocycles. The third-order valence-corrected chi connectivity index (χ3v) is 3.93. The lowest BCUT2D eigenvalue weighted by Gasteiger charge is -2.07. The summed E-state index contributed by atoms with van der Waals surface area (Å²) in [5, 5.41) is 12.6. The Morgan fingerprint density at radius 3 is 2.30 bits per heavy atom. The maximum atomic E-state index is 5.70. The molecule has 0 spiro atoms. The van der Waals surface area contributed by atoms with E-state index in [4.69, 9.17) is 18.9 Å². The van der Waals surface area contributed by atoms with Crippen LogP contribution in [0.25, 0.3) is 11.4 Å². The Bertz CT molecular complexity index is 864. The minimum Gasteiger partial charge on any atom is -0.497 e. The van der Waals surface area contributed by atoms with Gasteiger partial charge in [-0.25, -0.2) is 0 Å². The predicted molar refractivity (Wildman–Crippen MR) is 99.5 cm³/mol. The Balaban J connectivity index is 1.53. The third-order valence-electron chi connectivity index (χ3n) is 3.93. The van der Waals surface area contributed by atoms with Gasteiger partial charge in [0, 0.05) is 12.0 Å². The Kier molecular flexibility index (Phi) is 6.09. The first-order chi connectivity index (χ1) is 13.2. The molecule has 3 aromatic rings. The van der Waals surface area contributed by atoms with E-state index in [9.17, 15) is 0 Å². The van der Waals surface area contributed by atoms with Crippen LogP contribution >= 0.6 is 0 Å². The summed E-state index contributed by atoms with van der Waals surface area (Å²) in [7, 11) is 4.83. The van der Waals surface area contributed by atoms with Gasteiger partial charge in [-0.3, -0.25) is 0 Å². The minimum atomic E-state index is 0.534. The second-order valence-electron chi connectivity index (χ2n) is 5.66. The van der Waals surface area contributed by atoms with Gasteiger partial charge in [-0.15, -0.1) is 10.2 Å². The van der Waals surface area contributed by atoms with Crippen LogP contribution < -0.4 is 18.9 Å². The molecule has 0 fully saturated rings. The largest absolute Gasteiger partial charge is 0.497 e. The number of methoxy groups -OCH3 is 3. The lowest BCUT2D eigenvalue weighted by atomic mass is 10.2. The molecular formula is C19H22N4O4. The van der Waals surface area contributed by atoms with Crippen molar-refractivity contribution in [2.45, 2.75) is 13.0 Å². The predicted octanol–water partition coefficient (Wildman–Crippen LogP) is 2.84. The molecule has 2 aromatic carbocycles. The van der Waals surface area contributed by atoms with Gasteiger partial charge in [-0.1, -0.05) is 0 Å². The average molecular weight is 370 g/mol. The highest BCUT2D eigenvalue weighted by molar-refractivity contribution is 5.60. The second-order valence-corrected chi connectivity index (χ2v) is 5.66. The molecule has 0 aliphatic rings. The van der Waals surface area contributed by atoms with E-state index in [0.717, 1.165) is 23.5 Å². The molecule has 0 saturated heterocycles. The summed E-state index contributed by atoms with van der Waals surface area (Å²) in [5.74, 6) is 3.42. The number of rotatable bonds is 9. The molecule has 0 unspecified atom stereocenters. The molecule has 8 nitrogen and oxygen atoms in total. The van der Waals surface area contributed by atoms with Crippen molar-refractivity contribution in [1.82, 2.24) is 20.2 Å². The standard InChI is InChI=1S/C19H22N4O4/c1-24-15-6-8-16(9-7-15)27-12-4-11-23-21-19(20-22-23)14-5-10-17(25-2)18(13-14)26-3/h5-10,13H,4,11-12H2,1-3H3. The van der Waals surface area contributed by atoms with E-state index < -0.39 is 0 Å². The van der Waals surface area contributed by atoms with E-state index in [1.807, 2.05) is 42.5 Å². The number of hydrogen-bond donors (Lipinski definition) is 0. The van der Waals surface area contributed by atoms with Crippen LogP contribution in [0.15, 0.2) is 42.5 Å². The summed E-state index contributed by atoms with van der Waals surface area (Å²) >= 11 is 0. The van der Waals surface area contributed by atoms with Crippen molar-refractivity contribution in [2.24, 2.45) is 0 Å². The molecule has 0 amide bonds. The molecule has 0 aliphatic carbocycles. The Hall–Kier alpha value is -3.29. The highest BCUT2D eigenvalue weighted by Gasteiger charge is 2.10. The van der Waals surface area contributed by atoms with Gasteiger partial charge in [0.05, 0.1) is 34.5 Å². The summed E-state index contributed by atoms with van der Waals surface area (Å²) < 4.78 is 21.4. The number of aryl methyl sites for hydroxylation is 1. The van der Waals surface area contributed by atoms with E-state index in [-0.39, 0.29) is 0 Å². The van der Waals surface area contributed by atoms with Crippen LogP contribution in [0.4, 0.5) is 0 Å². The van der Waals surface area contributed by atoms with Crippen molar-refractivity contribution in [3.8, 4) is 34.4 Å². The van der Waals surface area contributed by atoms with Gasteiger partial charge >= 0.3 is 0 Å². The molecule has 27 heavy (non-hydrogen) atoms. The highest BCUT2D eigenvalue weighted by Crippen LogP contribution is 2.30. The third kappa shape index (κ3) is 4.66. The average Bonchev–Trinajstić information content (AvgIpc) is 3.20. The van der Waals surface area contributed by atoms with Crippen molar-refractivity contribution in [3.05, 3.63) is 42.5 Å². The van der Waals surface area contributed by atoms with Crippen LogP contribution in [-0.2, 0) is 6.54 Å². The topological polar surface area (TPSA) is 80.5 Å². The van der Waals surface area contributed by atoms with E-state index >= 15 is 0 Å². The number of tetrazole rings is 1. The number of benzene rings is 2. The molecule has 142 valence electrons. The van der Waals surface area contributed by atoms with Gasteiger partial charge in [0.25, 0.3) is 0 Å². The van der Waals surface area contributed by atoms with Crippen molar-refractivity contribution in [1.29, 1.82) is 0 Å². The van der Waals surface area contributed by atoms with Crippen molar-refractivity contribution >= 4 is 0 Å². The first kappa shape index (κ1) is 18.5. The van der Waals surface area contributed by atoms with E-state index in [2.05, 4.69) is 15.4 Å². The maximum Gasteiger partial charge on any atom is 0.205 e. The molecule has 8 heteroatoms. The van der Waals surface area contributed by atoms with Gasteiger partial charge in [0.1, 0.15) is 11.5 Å². The normalized spacial score (nSPS) is 10.5. The SMILES string of the molecule is COc1ccc(OCCCn2nnc(-c3ccc(OC)c(OC)c3)n2)cc1. The summed E-state index contributed by atoms with van der Waals surface area (Å²) in [4.78, 5) is 1.56. The molecule has 0 atom stereocenters. The van der Waals surface area contributed by atoms with Crippen LogP contribution in [0.5, 0.6) is 23.0 Å². The first-order valence-electron chi connectivity index (χ1n) is 8.50. The van der Waals surface area contributed by atoms with Crippen LogP contribution in [0.3, 0.4) is 0 Å². The van der Waals surface area contributed by atoms with Gasteiger partial charge < -0.3 is 18.9 Å². The van der Waals surface area contributed by atoms with E-state index in [1.165, 1.54) is 0 Å². The van der Waals surface area contributed by atoms with Crippen LogP contribution in [0.1, 0.15) is 6.42 Å². The molecular weight excluding hydrogens is 348 g/mol. The Labute approximate surface area is 157 Å². The maximum absolute atomic E-state index is 5.70. The molecule has 0 saturated carbocycles. The number of ether oxygens (including phenoxy) is 4. The van der Waals surface area contributed by atoms with Crippen molar-refractivity contribution < 1.29 is 18.9 Å². The van der Waals surface area contributed by atoms with Gasteiger partial charge in [-0.2, -0.15) is 4.80 Å². The lowest BCUT2D eigenvalue weighted by molar-refractivity contribution is 0.292. The number of hydrogen-bond acceptors (Lipinski definition) is 7. The summed E-state index contributed by atoms with van der Waals surface area (Å²) in [5.41, 5.74) is 0.813. The fourth-order valence-corrected chi connectivity index (χ4v) is 2.50. The van der Waals surface area contributed by atoms with Gasteiger partial charge in [0.2, 0.25) is 5.82 Å². The minimum absolute atomic E-state index is 0.534. The summed E-state index contributed by atoms with van der Waals surface area (Å²) in [6.45, 7) is 1.16. The number of nitrogens with zero attached hydrogens (tertiary/aromatic N) is 4. The smallest absolute Gasteiger partial charge is 0.205 e. The fourth-order valence-electron chi connectivity index (χ4n) is 2.50. The van der Waals surface area contributed by atoms with Crippen LogP contribution in [0.2, 0.25) is 0 Å². The molecule has 0 bridgehead atoms. The molecule has 1 heterocycles. The highest BCUT2D eigenvalue weighted by atomic mass is 16.5. The first-order valence-corrected chi connectivity index (χ1v) is 8.50. The molecule has 0 N–H and O–H groups in total. The monoisotopic (exact) mass is 370 g/mol. The molecule has 0 radical (unpaired) electrons. The van der Waals surface area contributed by atoms with E-state index in [0.29, 0.717) is 30.5 Å². The molecule has 3 rings (SSSR count). The zero-order chi connectivity index (χ0) is 19.1. The van der Waals surface area contributed by atoms with Gasteiger partial charge in [0.15, 0.2) is 11.5 Å². The summed E-state index contributed by atoms with van der Waals surface area (Å²) in [6.07, 6.45) is 0.758. The van der Waals surface area contributed by atoms with Crippen molar-refractivity contribution in [3.63, 3.8) is 0 Å². The summed E-state index contributed by atoms with van der Waals surface area (Å²) in [6, 6.07) is 13.0. The second kappa shape index (κ2) is 8.88. The molecule has 1 aromatic heterocycles. The Morgan fingerprint density at radius 2 is 1.59 bits per heavy atom. The van der Waals surface area contributed by atoms with Crippen LogP contribution in [-0.4, -0.2) is 48.1 Å². The van der Waals surface area contributed by atoms with Gasteiger partial charge in [-0.05, 0) is 47.7 Å². The lowest BCUT2D eigenvalue weighted by Crippen LogP contribution is -2.07. The number of aromatic nitrogens is 4. The van der Waals surface area contributed by atoms with E-state index in [1.54, 1.807) is 26.1 Å². The van der Waals surface area contributed by atoms with Crippen molar-refractivity contribution in [2.75, 3.05) is 27.9 Å². The zero-order valence-electron chi connectivity index (χ0n) is 15.6. The fraction of sp³-hybridized carbons (Fsp3) is 0.316.